The topological polar surface area (TPSA) is 68.8 Å². The molecule has 0 bridgehead atoms. The van der Waals surface area contributed by atoms with E-state index in [0.29, 0.717) is 19.1 Å². The first-order valence-electron chi connectivity index (χ1n) is 9.95. The number of rotatable bonds is 11. The summed E-state index contributed by atoms with van der Waals surface area (Å²) in [5, 5.41) is 9.72. The van der Waals surface area contributed by atoms with Gasteiger partial charge in [-0.1, -0.05) is 44.7 Å². The quantitative estimate of drug-likeness (QED) is 0.186. The van der Waals surface area contributed by atoms with E-state index < -0.39 is 0 Å². The van der Waals surface area contributed by atoms with Crippen molar-refractivity contribution >= 4 is 41.5 Å². The average molecular weight is 503 g/mol. The molecule has 3 N–H and O–H groups in total. The van der Waals surface area contributed by atoms with Gasteiger partial charge in [-0.15, -0.1) is 24.0 Å². The summed E-state index contributed by atoms with van der Waals surface area (Å²) in [5.74, 6) is 0.791. The van der Waals surface area contributed by atoms with Crippen LogP contribution in [0.25, 0.3) is 0 Å². The predicted octanol–water partition coefficient (Wildman–Crippen LogP) is 3.83. The van der Waals surface area contributed by atoms with Crippen molar-refractivity contribution in [3.05, 3.63) is 29.8 Å². The summed E-state index contributed by atoms with van der Waals surface area (Å²) >= 11 is 0. The van der Waals surface area contributed by atoms with E-state index in [4.69, 9.17) is 0 Å². The van der Waals surface area contributed by atoms with Crippen LogP contribution in [0.15, 0.2) is 29.3 Å². The minimum Gasteiger partial charge on any atom is -0.354 e. The van der Waals surface area contributed by atoms with Gasteiger partial charge >= 0.3 is 0 Å². The molecule has 0 aliphatic rings. The number of benzene rings is 1. The fourth-order valence-corrected chi connectivity index (χ4v) is 2.81. The Bertz CT molecular complexity index is 592. The first-order valence-corrected chi connectivity index (χ1v) is 9.95. The Balaban J connectivity index is 0.00000729. The Labute approximate surface area is 188 Å². The Kier molecular flexibility index (Phi) is 14.8. The number of carbonyl (C=O) groups is 1. The van der Waals surface area contributed by atoms with Crippen molar-refractivity contribution in [2.24, 2.45) is 4.99 Å². The number of aliphatic imine (C=N–C) groups is 1. The number of nitrogens with one attached hydrogen (secondary N) is 3. The van der Waals surface area contributed by atoms with Gasteiger partial charge in [-0.05, 0) is 45.1 Å². The van der Waals surface area contributed by atoms with E-state index in [2.05, 4.69) is 34.8 Å². The Hall–Kier alpha value is -1.35. The highest BCUT2D eigenvalue weighted by Gasteiger charge is 2.07. The molecular formula is C21H38IN5O. The van der Waals surface area contributed by atoms with E-state index in [1.165, 1.54) is 25.7 Å². The van der Waals surface area contributed by atoms with Gasteiger partial charge in [-0.25, -0.2) is 0 Å². The number of anilines is 1. The van der Waals surface area contributed by atoms with Crippen molar-refractivity contribution < 1.29 is 4.79 Å². The Morgan fingerprint density at radius 1 is 1.21 bits per heavy atom. The van der Waals surface area contributed by atoms with Crippen LogP contribution in [0.1, 0.15) is 51.5 Å². The van der Waals surface area contributed by atoms with Gasteiger partial charge in [-0.2, -0.15) is 0 Å². The molecule has 0 radical (unpaired) electrons. The van der Waals surface area contributed by atoms with Crippen LogP contribution in [0, 0.1) is 0 Å². The van der Waals surface area contributed by atoms with Gasteiger partial charge in [0.15, 0.2) is 5.96 Å². The molecule has 1 aromatic carbocycles. The first kappa shape index (κ1) is 26.6. The Morgan fingerprint density at radius 2 is 1.96 bits per heavy atom. The molecule has 0 spiro atoms. The van der Waals surface area contributed by atoms with E-state index >= 15 is 0 Å². The number of amides is 1. The van der Waals surface area contributed by atoms with Crippen molar-refractivity contribution in [1.29, 1.82) is 0 Å². The van der Waals surface area contributed by atoms with Crippen molar-refractivity contribution in [3.8, 4) is 0 Å². The summed E-state index contributed by atoms with van der Waals surface area (Å²) in [6.45, 7) is 5.45. The fraction of sp³-hybridized carbons (Fsp3) is 0.619. The van der Waals surface area contributed by atoms with Gasteiger partial charge in [0.05, 0.1) is 6.54 Å². The van der Waals surface area contributed by atoms with Crippen molar-refractivity contribution in [2.75, 3.05) is 33.0 Å². The molecule has 160 valence electrons. The van der Waals surface area contributed by atoms with Crippen LogP contribution in [0.3, 0.4) is 0 Å². The molecular weight excluding hydrogens is 465 g/mol. The second-order valence-electron chi connectivity index (χ2n) is 7.31. The lowest BCUT2D eigenvalue weighted by Gasteiger charge is -2.18. The maximum Gasteiger partial charge on any atom is 0.238 e. The number of guanidine groups is 1. The van der Waals surface area contributed by atoms with Crippen LogP contribution in [0.2, 0.25) is 0 Å². The molecule has 0 saturated heterocycles. The van der Waals surface area contributed by atoms with Crippen LogP contribution in [0.4, 0.5) is 5.69 Å². The highest BCUT2D eigenvalue weighted by atomic mass is 127. The largest absolute Gasteiger partial charge is 0.354 e. The summed E-state index contributed by atoms with van der Waals surface area (Å²) in [7, 11) is 5.55. The summed E-state index contributed by atoms with van der Waals surface area (Å²) in [6, 6.07) is 8.28. The maximum atomic E-state index is 11.9. The zero-order chi connectivity index (χ0) is 20.1. The monoisotopic (exact) mass is 503 g/mol. The standard InChI is InChI=1S/C21H37N5O.HI/c1-6-7-8-9-11-17(2)24-21(22-3)23-15-18-12-10-13-19(14-18)25-20(27)16-26(4)5;/h10,12-14,17H,6-9,11,15-16H2,1-5H3,(H,25,27)(H2,22,23,24);1H. The van der Waals surface area contributed by atoms with Gasteiger partial charge in [0.2, 0.25) is 5.91 Å². The third-order valence-corrected chi connectivity index (χ3v) is 4.23. The highest BCUT2D eigenvalue weighted by molar-refractivity contribution is 14.0. The van der Waals surface area contributed by atoms with Crippen molar-refractivity contribution in [1.82, 2.24) is 15.5 Å². The van der Waals surface area contributed by atoms with Crippen LogP contribution in [-0.2, 0) is 11.3 Å². The molecule has 1 unspecified atom stereocenters. The molecule has 1 aromatic rings. The van der Waals surface area contributed by atoms with Gasteiger partial charge in [-0.3, -0.25) is 9.79 Å². The number of hydrogen-bond donors (Lipinski definition) is 3. The van der Waals surface area contributed by atoms with Crippen molar-refractivity contribution in [2.45, 2.75) is 58.5 Å². The molecule has 0 saturated carbocycles. The lowest BCUT2D eigenvalue weighted by atomic mass is 10.1. The lowest BCUT2D eigenvalue weighted by Crippen LogP contribution is -2.41. The summed E-state index contributed by atoms with van der Waals surface area (Å²) < 4.78 is 0. The molecule has 1 rings (SSSR count). The Morgan fingerprint density at radius 3 is 2.61 bits per heavy atom. The fourth-order valence-electron chi connectivity index (χ4n) is 2.81. The molecule has 6 nitrogen and oxygen atoms in total. The van der Waals surface area contributed by atoms with Crippen LogP contribution < -0.4 is 16.0 Å². The SMILES string of the molecule is CCCCCCC(C)NC(=NC)NCc1cccc(NC(=O)CN(C)C)c1.I. The zero-order valence-electron chi connectivity index (χ0n) is 18.0. The molecule has 0 aliphatic heterocycles. The second kappa shape index (κ2) is 15.6. The van der Waals surface area contributed by atoms with Gasteiger partial charge in [0.25, 0.3) is 0 Å². The molecule has 0 aromatic heterocycles. The molecule has 0 aliphatic carbocycles. The normalized spacial score (nSPS) is 12.3. The van der Waals surface area contributed by atoms with E-state index in [-0.39, 0.29) is 29.9 Å². The molecule has 7 heteroatoms. The zero-order valence-corrected chi connectivity index (χ0v) is 20.4. The second-order valence-corrected chi connectivity index (χ2v) is 7.31. The molecule has 1 atom stereocenters. The molecule has 1 amide bonds. The smallest absolute Gasteiger partial charge is 0.238 e. The highest BCUT2D eigenvalue weighted by Crippen LogP contribution is 2.11. The lowest BCUT2D eigenvalue weighted by molar-refractivity contribution is -0.116. The van der Waals surface area contributed by atoms with E-state index in [9.17, 15) is 4.79 Å². The molecule has 28 heavy (non-hydrogen) atoms. The summed E-state index contributed by atoms with van der Waals surface area (Å²) in [4.78, 5) is 18.1. The number of halogens is 1. The predicted molar refractivity (Wildman–Crippen MR) is 131 cm³/mol. The molecule has 0 heterocycles. The number of hydrogen-bond acceptors (Lipinski definition) is 3. The average Bonchev–Trinajstić information content (AvgIpc) is 2.61. The number of likely N-dealkylation sites (N-methyl/N-ethyl adjacent to an activating group) is 1. The summed E-state index contributed by atoms with van der Waals surface area (Å²) in [6.07, 6.45) is 6.25. The number of unbranched alkanes of at least 4 members (excludes halogenated alkanes) is 3. The third-order valence-electron chi connectivity index (χ3n) is 4.23. The maximum absolute atomic E-state index is 11.9. The minimum atomic E-state index is -0.0144. The van der Waals surface area contributed by atoms with E-state index in [0.717, 1.165) is 23.6 Å². The van der Waals surface area contributed by atoms with Crippen LogP contribution in [-0.4, -0.2) is 50.5 Å². The van der Waals surface area contributed by atoms with E-state index in [1.807, 2.05) is 43.3 Å². The van der Waals surface area contributed by atoms with Crippen LogP contribution >= 0.6 is 24.0 Å². The minimum absolute atomic E-state index is 0. The third kappa shape index (κ3) is 12.2. The molecule has 0 fully saturated rings. The van der Waals surface area contributed by atoms with Crippen molar-refractivity contribution in [3.63, 3.8) is 0 Å². The van der Waals surface area contributed by atoms with Crippen LogP contribution in [0.5, 0.6) is 0 Å². The number of nitrogens with zero attached hydrogens (tertiary/aromatic N) is 2. The first-order chi connectivity index (χ1) is 12.9. The van der Waals surface area contributed by atoms with E-state index in [1.54, 1.807) is 7.05 Å². The summed E-state index contributed by atoms with van der Waals surface area (Å²) in [5.41, 5.74) is 1.91. The van der Waals surface area contributed by atoms with Gasteiger partial charge < -0.3 is 20.9 Å². The van der Waals surface area contributed by atoms with Gasteiger partial charge in [0, 0.05) is 25.3 Å². The number of carbonyl (C=O) groups excluding carboxylic acids is 1. The van der Waals surface area contributed by atoms with Gasteiger partial charge in [0.1, 0.15) is 0 Å².